The normalized spacial score (nSPS) is 14.7. The van der Waals surface area contributed by atoms with E-state index in [4.69, 9.17) is 0 Å². The molecule has 0 atom stereocenters. The summed E-state index contributed by atoms with van der Waals surface area (Å²) in [5.41, 5.74) is 0.563. The summed E-state index contributed by atoms with van der Waals surface area (Å²) in [5.74, 6) is -0.655. The van der Waals surface area contributed by atoms with Crippen molar-refractivity contribution in [2.45, 2.75) is 12.8 Å². The van der Waals surface area contributed by atoms with Gasteiger partial charge in [0.25, 0.3) is 0 Å². The highest BCUT2D eigenvalue weighted by Crippen LogP contribution is 2.20. The minimum absolute atomic E-state index is 0.123. The molecule has 1 saturated heterocycles. The second-order valence-corrected chi connectivity index (χ2v) is 6.50. The fourth-order valence-corrected chi connectivity index (χ4v) is 2.84. The largest absolute Gasteiger partial charge is 0.366 e. The van der Waals surface area contributed by atoms with Gasteiger partial charge in [-0.2, -0.15) is 0 Å². The van der Waals surface area contributed by atoms with E-state index in [9.17, 15) is 14.0 Å². The Hall–Kier alpha value is -2.15. The second kappa shape index (κ2) is 9.36. The molecule has 0 aromatic heterocycles. The van der Waals surface area contributed by atoms with Crippen LogP contribution in [-0.2, 0) is 9.59 Å². The predicted molar refractivity (Wildman–Crippen MR) is 96.0 cm³/mol. The Kier molecular flexibility index (Phi) is 7.18. The summed E-state index contributed by atoms with van der Waals surface area (Å²) < 4.78 is 13.8. The molecule has 2 rings (SSSR count). The van der Waals surface area contributed by atoms with Crippen molar-refractivity contribution in [1.82, 2.24) is 15.1 Å². The van der Waals surface area contributed by atoms with Gasteiger partial charge in [0.2, 0.25) is 11.8 Å². The molecule has 1 heterocycles. The van der Waals surface area contributed by atoms with Gasteiger partial charge >= 0.3 is 0 Å². The van der Waals surface area contributed by atoms with E-state index < -0.39 is 0 Å². The van der Waals surface area contributed by atoms with Gasteiger partial charge in [0.1, 0.15) is 12.2 Å². The third-order valence-corrected chi connectivity index (χ3v) is 4.24. The average Bonchev–Trinajstić information content (AvgIpc) is 2.59. The fourth-order valence-electron chi connectivity index (χ4n) is 2.84. The lowest BCUT2D eigenvalue weighted by Gasteiger charge is -2.36. The first-order valence-corrected chi connectivity index (χ1v) is 8.66. The highest BCUT2D eigenvalue weighted by atomic mass is 19.1. The Morgan fingerprint density at radius 3 is 2.48 bits per heavy atom. The third kappa shape index (κ3) is 6.01. The summed E-state index contributed by atoms with van der Waals surface area (Å²) in [5, 5.41) is 2.78. The molecule has 2 amide bonds. The number of amides is 2. The van der Waals surface area contributed by atoms with E-state index in [2.05, 4.69) is 5.32 Å². The Morgan fingerprint density at radius 2 is 1.84 bits per heavy atom. The highest BCUT2D eigenvalue weighted by molar-refractivity contribution is 5.96. The molecule has 7 heteroatoms. The Morgan fingerprint density at radius 1 is 1.16 bits per heavy atom. The number of para-hydroxylation sites is 1. The standard InChI is InChI=1S/C18H27FN4O2/c1-21(2)9-5-8-20-17(24)14-18(25)23-12-10-22(11-13-23)16-7-4-3-6-15(16)19/h3-4,6-7H,5,8-14H2,1-2H3,(H,20,24). The van der Waals surface area contributed by atoms with Crippen LogP contribution in [0.3, 0.4) is 0 Å². The topological polar surface area (TPSA) is 55.9 Å². The van der Waals surface area contributed by atoms with E-state index in [0.717, 1.165) is 13.0 Å². The number of carbonyl (C=O) groups excluding carboxylic acids is 2. The van der Waals surface area contributed by atoms with E-state index in [0.29, 0.717) is 38.4 Å². The van der Waals surface area contributed by atoms with Crippen molar-refractivity contribution >= 4 is 17.5 Å². The van der Waals surface area contributed by atoms with Gasteiger partial charge in [-0.05, 0) is 39.2 Å². The van der Waals surface area contributed by atoms with Crippen LogP contribution in [0, 0.1) is 5.82 Å². The zero-order chi connectivity index (χ0) is 18.2. The van der Waals surface area contributed by atoms with Gasteiger partial charge in [-0.3, -0.25) is 9.59 Å². The molecule has 0 aliphatic carbocycles. The van der Waals surface area contributed by atoms with Crippen LogP contribution in [-0.4, -0.2) is 75.0 Å². The van der Waals surface area contributed by atoms with Crippen molar-refractivity contribution in [3.8, 4) is 0 Å². The summed E-state index contributed by atoms with van der Waals surface area (Å²) in [6.07, 6.45) is 0.732. The molecule has 0 radical (unpaired) electrons. The van der Waals surface area contributed by atoms with Crippen LogP contribution >= 0.6 is 0 Å². The summed E-state index contributed by atoms with van der Waals surface area (Å²) in [6.45, 7) is 3.61. The zero-order valence-corrected chi connectivity index (χ0v) is 15.0. The summed E-state index contributed by atoms with van der Waals surface area (Å²) >= 11 is 0. The molecule has 0 saturated carbocycles. The maximum atomic E-state index is 13.8. The number of anilines is 1. The molecule has 1 fully saturated rings. The first-order chi connectivity index (χ1) is 12.0. The van der Waals surface area contributed by atoms with E-state index in [1.807, 2.05) is 23.9 Å². The van der Waals surface area contributed by atoms with Crippen LogP contribution in [0.15, 0.2) is 24.3 Å². The van der Waals surface area contributed by atoms with Gasteiger partial charge in [0, 0.05) is 32.7 Å². The molecule has 1 aromatic rings. The molecule has 6 nitrogen and oxygen atoms in total. The van der Waals surface area contributed by atoms with Gasteiger partial charge < -0.3 is 20.0 Å². The van der Waals surface area contributed by atoms with Crippen molar-refractivity contribution in [3.63, 3.8) is 0 Å². The van der Waals surface area contributed by atoms with Crippen molar-refractivity contribution < 1.29 is 14.0 Å². The van der Waals surface area contributed by atoms with Crippen molar-refractivity contribution in [1.29, 1.82) is 0 Å². The number of piperazine rings is 1. The van der Waals surface area contributed by atoms with E-state index >= 15 is 0 Å². The Balaban J connectivity index is 1.72. The fraction of sp³-hybridized carbons (Fsp3) is 0.556. The van der Waals surface area contributed by atoms with E-state index in [-0.39, 0.29) is 24.1 Å². The van der Waals surface area contributed by atoms with Crippen molar-refractivity contribution in [2.24, 2.45) is 0 Å². The lowest BCUT2D eigenvalue weighted by Crippen LogP contribution is -2.49. The van der Waals surface area contributed by atoms with Crippen molar-refractivity contribution in [2.75, 3.05) is 58.3 Å². The minimum Gasteiger partial charge on any atom is -0.366 e. The van der Waals surface area contributed by atoms with Crippen molar-refractivity contribution in [3.05, 3.63) is 30.1 Å². The Bertz CT molecular complexity index is 586. The first kappa shape index (κ1) is 19.2. The van der Waals surface area contributed by atoms with Crippen LogP contribution in [0.25, 0.3) is 0 Å². The molecule has 0 bridgehead atoms. The molecule has 1 aliphatic heterocycles. The molecule has 138 valence electrons. The molecular formula is C18H27FN4O2. The number of rotatable bonds is 7. The van der Waals surface area contributed by atoms with Gasteiger partial charge in [-0.1, -0.05) is 12.1 Å². The zero-order valence-electron chi connectivity index (χ0n) is 15.0. The molecule has 0 unspecified atom stereocenters. The maximum Gasteiger partial charge on any atom is 0.232 e. The summed E-state index contributed by atoms with van der Waals surface area (Å²) in [6, 6.07) is 6.65. The number of nitrogens with one attached hydrogen (secondary N) is 1. The number of benzene rings is 1. The lowest BCUT2D eigenvalue weighted by atomic mass is 10.2. The number of hydrogen-bond donors (Lipinski definition) is 1. The molecule has 0 spiro atoms. The van der Waals surface area contributed by atoms with Crippen LogP contribution in [0.5, 0.6) is 0 Å². The van der Waals surface area contributed by atoms with Crippen LogP contribution in [0.1, 0.15) is 12.8 Å². The highest BCUT2D eigenvalue weighted by Gasteiger charge is 2.23. The van der Waals surface area contributed by atoms with Gasteiger partial charge in [0.15, 0.2) is 0 Å². The SMILES string of the molecule is CN(C)CCCNC(=O)CC(=O)N1CCN(c2ccccc2F)CC1. The monoisotopic (exact) mass is 350 g/mol. The molecule has 25 heavy (non-hydrogen) atoms. The van der Waals surface area contributed by atoms with E-state index in [1.165, 1.54) is 6.07 Å². The van der Waals surface area contributed by atoms with Gasteiger partial charge in [-0.25, -0.2) is 4.39 Å². The third-order valence-electron chi connectivity index (χ3n) is 4.24. The summed E-state index contributed by atoms with van der Waals surface area (Å²) in [7, 11) is 3.96. The number of carbonyl (C=O) groups is 2. The predicted octanol–water partition coefficient (Wildman–Crippen LogP) is 0.932. The molecule has 1 aliphatic rings. The Labute approximate surface area is 148 Å². The average molecular weight is 350 g/mol. The molecule has 1 aromatic carbocycles. The van der Waals surface area contributed by atoms with Crippen LogP contribution < -0.4 is 10.2 Å². The van der Waals surface area contributed by atoms with Gasteiger partial charge in [0.05, 0.1) is 5.69 Å². The maximum absolute atomic E-state index is 13.8. The number of nitrogens with zero attached hydrogens (tertiary/aromatic N) is 3. The molecule has 1 N–H and O–H groups in total. The molecular weight excluding hydrogens is 323 g/mol. The summed E-state index contributed by atoms with van der Waals surface area (Å²) in [4.78, 5) is 29.7. The second-order valence-electron chi connectivity index (χ2n) is 6.50. The minimum atomic E-state index is -0.251. The van der Waals surface area contributed by atoms with Crippen LogP contribution in [0.4, 0.5) is 10.1 Å². The quantitative estimate of drug-likeness (QED) is 0.587. The number of hydrogen-bond acceptors (Lipinski definition) is 4. The number of halogens is 1. The van der Waals surface area contributed by atoms with Gasteiger partial charge in [-0.15, -0.1) is 0 Å². The van der Waals surface area contributed by atoms with E-state index in [1.54, 1.807) is 23.1 Å². The smallest absolute Gasteiger partial charge is 0.232 e. The van der Waals surface area contributed by atoms with Crippen LogP contribution in [0.2, 0.25) is 0 Å². The lowest BCUT2D eigenvalue weighted by molar-refractivity contribution is -0.136. The first-order valence-electron chi connectivity index (χ1n) is 8.66.